The monoisotopic (exact) mass is 219 g/mol. The normalized spacial score (nSPS) is 10.6. The number of rotatable bonds is 3. The Morgan fingerprint density at radius 1 is 1.31 bits per heavy atom. The van der Waals surface area contributed by atoms with Crippen LogP contribution in [-0.4, -0.2) is 11.9 Å². The van der Waals surface area contributed by atoms with Crippen LogP contribution in [0.5, 0.6) is 0 Å². The van der Waals surface area contributed by atoms with Gasteiger partial charge < -0.3 is 5.32 Å². The van der Waals surface area contributed by atoms with E-state index in [-0.39, 0.29) is 11.9 Å². The summed E-state index contributed by atoms with van der Waals surface area (Å²) in [5, 5.41) is 2.94. The highest BCUT2D eigenvalue weighted by Crippen LogP contribution is 2.17. The van der Waals surface area contributed by atoms with Gasteiger partial charge in [0.25, 0.3) is 5.91 Å². The topological polar surface area (TPSA) is 29.1 Å². The molecule has 0 bridgehead atoms. The van der Waals surface area contributed by atoms with E-state index in [0.29, 0.717) is 0 Å². The molecule has 88 valence electrons. The molecule has 0 aliphatic rings. The Morgan fingerprint density at radius 3 is 2.44 bits per heavy atom. The fourth-order valence-corrected chi connectivity index (χ4v) is 1.88. The van der Waals surface area contributed by atoms with Gasteiger partial charge in [-0.05, 0) is 51.3 Å². The van der Waals surface area contributed by atoms with Gasteiger partial charge in [-0.2, -0.15) is 0 Å². The number of carbonyl (C=O) groups is 1. The number of hydrogen-bond acceptors (Lipinski definition) is 1. The van der Waals surface area contributed by atoms with Crippen LogP contribution in [0.2, 0.25) is 0 Å². The Balaban J connectivity index is 3.12. The lowest BCUT2D eigenvalue weighted by molar-refractivity contribution is 0.0942. The zero-order valence-electron chi connectivity index (χ0n) is 10.8. The maximum Gasteiger partial charge on any atom is 0.251 e. The van der Waals surface area contributed by atoms with Gasteiger partial charge in [-0.3, -0.25) is 4.79 Å². The Kier molecular flexibility index (Phi) is 4.11. The summed E-state index contributed by atoms with van der Waals surface area (Å²) < 4.78 is 0. The minimum atomic E-state index is 0.0332. The molecular formula is C14H21NO. The number of amides is 1. The van der Waals surface area contributed by atoms with Gasteiger partial charge in [0.05, 0.1) is 0 Å². The predicted octanol–water partition coefficient (Wildman–Crippen LogP) is 3.00. The van der Waals surface area contributed by atoms with E-state index in [1.54, 1.807) is 0 Å². The average molecular weight is 219 g/mol. The molecule has 1 aromatic carbocycles. The summed E-state index contributed by atoms with van der Waals surface area (Å²) in [6, 6.07) is 4.30. The molecule has 0 aliphatic carbocycles. The van der Waals surface area contributed by atoms with Crippen LogP contribution in [0.25, 0.3) is 0 Å². The number of benzene rings is 1. The van der Waals surface area contributed by atoms with Crippen LogP contribution < -0.4 is 5.32 Å². The van der Waals surface area contributed by atoms with Crippen molar-refractivity contribution in [1.29, 1.82) is 0 Å². The molecule has 16 heavy (non-hydrogen) atoms. The zero-order chi connectivity index (χ0) is 12.3. The molecule has 2 nitrogen and oxygen atoms in total. The summed E-state index contributed by atoms with van der Waals surface area (Å²) in [6.07, 6.45) is 0.968. The summed E-state index contributed by atoms with van der Waals surface area (Å²) in [5.41, 5.74) is 4.32. The SMILES string of the molecule is CCc1cc(C)cc(C(=O)NC(C)C)c1C. The van der Waals surface area contributed by atoms with Crippen molar-refractivity contribution in [3.8, 4) is 0 Å². The first-order valence-electron chi connectivity index (χ1n) is 5.86. The summed E-state index contributed by atoms with van der Waals surface area (Å²) in [5.74, 6) is 0.0332. The van der Waals surface area contributed by atoms with Crippen molar-refractivity contribution in [2.45, 2.75) is 47.1 Å². The second-order valence-electron chi connectivity index (χ2n) is 4.58. The lowest BCUT2D eigenvalue weighted by Gasteiger charge is -2.14. The molecule has 1 amide bonds. The average Bonchev–Trinajstić information content (AvgIpc) is 2.19. The molecule has 0 heterocycles. The van der Waals surface area contributed by atoms with Crippen molar-refractivity contribution >= 4 is 5.91 Å². The van der Waals surface area contributed by atoms with E-state index in [1.807, 2.05) is 33.8 Å². The minimum Gasteiger partial charge on any atom is -0.350 e. The van der Waals surface area contributed by atoms with Crippen LogP contribution in [0.4, 0.5) is 0 Å². The number of carbonyl (C=O) groups excluding carboxylic acids is 1. The largest absolute Gasteiger partial charge is 0.350 e. The molecule has 0 spiro atoms. The molecule has 1 rings (SSSR count). The molecular weight excluding hydrogens is 198 g/mol. The number of hydrogen-bond donors (Lipinski definition) is 1. The van der Waals surface area contributed by atoms with Crippen molar-refractivity contribution in [2.24, 2.45) is 0 Å². The second-order valence-corrected chi connectivity index (χ2v) is 4.58. The van der Waals surface area contributed by atoms with Gasteiger partial charge in [0.2, 0.25) is 0 Å². The van der Waals surface area contributed by atoms with Crippen LogP contribution >= 0.6 is 0 Å². The molecule has 0 saturated carbocycles. The van der Waals surface area contributed by atoms with E-state index in [4.69, 9.17) is 0 Å². The highest BCUT2D eigenvalue weighted by Gasteiger charge is 2.12. The Labute approximate surface area is 98.1 Å². The first kappa shape index (κ1) is 12.8. The molecule has 0 radical (unpaired) electrons. The third-order valence-corrected chi connectivity index (χ3v) is 2.70. The first-order valence-corrected chi connectivity index (χ1v) is 5.86. The Bertz CT molecular complexity index is 394. The van der Waals surface area contributed by atoms with E-state index in [9.17, 15) is 4.79 Å². The van der Waals surface area contributed by atoms with E-state index in [1.165, 1.54) is 5.56 Å². The maximum atomic E-state index is 12.0. The highest BCUT2D eigenvalue weighted by molar-refractivity contribution is 5.96. The first-order chi connectivity index (χ1) is 7.45. The Morgan fingerprint density at radius 2 is 1.94 bits per heavy atom. The Hall–Kier alpha value is -1.31. The van der Waals surface area contributed by atoms with Crippen LogP contribution in [0, 0.1) is 13.8 Å². The van der Waals surface area contributed by atoms with Gasteiger partial charge >= 0.3 is 0 Å². The quantitative estimate of drug-likeness (QED) is 0.832. The zero-order valence-corrected chi connectivity index (χ0v) is 10.8. The lowest BCUT2D eigenvalue weighted by Crippen LogP contribution is -2.30. The minimum absolute atomic E-state index is 0.0332. The van der Waals surface area contributed by atoms with Gasteiger partial charge in [-0.1, -0.05) is 18.6 Å². The fourth-order valence-electron chi connectivity index (χ4n) is 1.88. The standard InChI is InChI=1S/C14H21NO/c1-6-12-7-10(4)8-13(11(12)5)14(16)15-9(2)3/h7-9H,6H2,1-5H3,(H,15,16). The van der Waals surface area contributed by atoms with Gasteiger partial charge in [-0.15, -0.1) is 0 Å². The van der Waals surface area contributed by atoms with Crippen molar-refractivity contribution in [3.63, 3.8) is 0 Å². The highest BCUT2D eigenvalue weighted by atomic mass is 16.1. The smallest absolute Gasteiger partial charge is 0.251 e. The van der Waals surface area contributed by atoms with E-state index < -0.39 is 0 Å². The van der Waals surface area contributed by atoms with Crippen LogP contribution in [0.3, 0.4) is 0 Å². The lowest BCUT2D eigenvalue weighted by atomic mass is 9.97. The molecule has 0 fully saturated rings. The van der Waals surface area contributed by atoms with Crippen molar-refractivity contribution in [3.05, 3.63) is 34.4 Å². The third-order valence-electron chi connectivity index (χ3n) is 2.70. The molecule has 0 atom stereocenters. The van der Waals surface area contributed by atoms with Gasteiger partial charge in [0, 0.05) is 11.6 Å². The van der Waals surface area contributed by atoms with E-state index in [0.717, 1.165) is 23.1 Å². The second kappa shape index (κ2) is 5.15. The maximum absolute atomic E-state index is 12.0. The van der Waals surface area contributed by atoms with Gasteiger partial charge in [0.15, 0.2) is 0 Å². The van der Waals surface area contributed by atoms with E-state index in [2.05, 4.69) is 18.3 Å². The van der Waals surface area contributed by atoms with Gasteiger partial charge in [0.1, 0.15) is 0 Å². The van der Waals surface area contributed by atoms with Gasteiger partial charge in [-0.25, -0.2) is 0 Å². The molecule has 1 aromatic rings. The van der Waals surface area contributed by atoms with Crippen molar-refractivity contribution in [2.75, 3.05) is 0 Å². The number of aryl methyl sites for hydroxylation is 2. The predicted molar refractivity (Wildman–Crippen MR) is 67.9 cm³/mol. The summed E-state index contributed by atoms with van der Waals surface area (Å²) in [6.45, 7) is 10.1. The molecule has 2 heteroatoms. The van der Waals surface area contributed by atoms with Crippen LogP contribution in [0.15, 0.2) is 12.1 Å². The van der Waals surface area contributed by atoms with Crippen LogP contribution in [-0.2, 0) is 6.42 Å². The van der Waals surface area contributed by atoms with E-state index >= 15 is 0 Å². The fraction of sp³-hybridized carbons (Fsp3) is 0.500. The third kappa shape index (κ3) is 2.84. The van der Waals surface area contributed by atoms with Crippen molar-refractivity contribution < 1.29 is 4.79 Å². The molecule has 0 unspecified atom stereocenters. The van der Waals surface area contributed by atoms with Crippen molar-refractivity contribution in [1.82, 2.24) is 5.32 Å². The molecule has 0 aromatic heterocycles. The van der Waals surface area contributed by atoms with Crippen LogP contribution in [0.1, 0.15) is 47.8 Å². The summed E-state index contributed by atoms with van der Waals surface area (Å²) in [4.78, 5) is 12.0. The number of nitrogens with one attached hydrogen (secondary N) is 1. The molecule has 1 N–H and O–H groups in total. The molecule has 0 aliphatic heterocycles. The summed E-state index contributed by atoms with van der Waals surface area (Å²) in [7, 11) is 0. The summed E-state index contributed by atoms with van der Waals surface area (Å²) >= 11 is 0. The molecule has 0 saturated heterocycles.